The van der Waals surface area contributed by atoms with Crippen molar-refractivity contribution in [1.29, 1.82) is 0 Å². The molecule has 2 aromatic heterocycles. The summed E-state index contributed by atoms with van der Waals surface area (Å²) in [6, 6.07) is 7.84. The number of furan rings is 1. The number of rotatable bonds is 8. The van der Waals surface area contributed by atoms with Crippen LogP contribution in [0.25, 0.3) is 11.0 Å². The second-order valence-corrected chi connectivity index (χ2v) is 9.20. The number of benzene rings is 1. The maximum atomic E-state index is 12.9. The number of sulfonamides is 1. The van der Waals surface area contributed by atoms with E-state index in [0.29, 0.717) is 44.2 Å². The number of morpholine rings is 1. The molecule has 0 radical (unpaired) electrons. The first-order valence-electron chi connectivity index (χ1n) is 10.4. The fraction of sp³-hybridized carbons (Fsp3) is 0.381. The van der Waals surface area contributed by atoms with Gasteiger partial charge in [-0.3, -0.25) is 9.59 Å². The van der Waals surface area contributed by atoms with Gasteiger partial charge in [0.1, 0.15) is 19.0 Å². The van der Waals surface area contributed by atoms with Crippen LogP contribution in [0.5, 0.6) is 0 Å². The van der Waals surface area contributed by atoms with Gasteiger partial charge in [0.2, 0.25) is 10.0 Å². The van der Waals surface area contributed by atoms with Crippen molar-refractivity contribution >= 4 is 32.9 Å². The zero-order valence-corrected chi connectivity index (χ0v) is 18.8. The molecule has 0 atom stereocenters. The molecule has 1 aliphatic heterocycles. The Morgan fingerprint density at radius 2 is 2.00 bits per heavy atom. The van der Waals surface area contributed by atoms with Crippen molar-refractivity contribution in [3.63, 3.8) is 0 Å². The topological polar surface area (TPSA) is 133 Å². The molecule has 0 unspecified atom stereocenters. The predicted molar refractivity (Wildman–Crippen MR) is 116 cm³/mol. The Morgan fingerprint density at radius 1 is 1.21 bits per heavy atom. The molecular formula is C21H24N4O7S. The normalized spacial score (nSPS) is 14.9. The lowest BCUT2D eigenvalue weighted by Crippen LogP contribution is -2.40. The zero-order chi connectivity index (χ0) is 23.4. The molecule has 0 spiro atoms. The summed E-state index contributed by atoms with van der Waals surface area (Å²) in [7, 11) is -3.65. The van der Waals surface area contributed by atoms with Crippen LogP contribution in [0.1, 0.15) is 23.3 Å². The maximum absolute atomic E-state index is 12.9. The number of nitrogens with zero attached hydrogens (tertiary/aromatic N) is 3. The SMILES string of the molecule is CCn1c(COC(=O)CNC(=O)c2ccco2)nc2cc(S(=O)(=O)N3CCOCC3)ccc21. The molecule has 1 saturated heterocycles. The number of esters is 1. The molecular weight excluding hydrogens is 452 g/mol. The summed E-state index contributed by atoms with van der Waals surface area (Å²) >= 11 is 0. The highest BCUT2D eigenvalue weighted by molar-refractivity contribution is 7.89. The number of fused-ring (bicyclic) bond motifs is 1. The van der Waals surface area contributed by atoms with E-state index >= 15 is 0 Å². The number of aromatic nitrogens is 2. The van der Waals surface area contributed by atoms with Crippen molar-refractivity contribution < 1.29 is 31.9 Å². The first kappa shape index (κ1) is 23.0. The predicted octanol–water partition coefficient (Wildman–Crippen LogP) is 1.14. The Kier molecular flexibility index (Phi) is 6.77. The zero-order valence-electron chi connectivity index (χ0n) is 18.0. The van der Waals surface area contributed by atoms with Gasteiger partial charge in [0, 0.05) is 19.6 Å². The number of amides is 1. The van der Waals surface area contributed by atoms with Crippen LogP contribution in [0.3, 0.4) is 0 Å². The largest absolute Gasteiger partial charge is 0.459 e. The summed E-state index contributed by atoms with van der Waals surface area (Å²) in [4.78, 5) is 28.5. The Labute approximate surface area is 190 Å². The summed E-state index contributed by atoms with van der Waals surface area (Å²) < 4.78 is 44.6. The molecule has 33 heavy (non-hydrogen) atoms. The van der Waals surface area contributed by atoms with Gasteiger partial charge >= 0.3 is 5.97 Å². The van der Waals surface area contributed by atoms with Crippen molar-refractivity contribution in [2.75, 3.05) is 32.8 Å². The molecule has 4 rings (SSSR count). The van der Waals surface area contributed by atoms with Crippen molar-refractivity contribution in [2.24, 2.45) is 0 Å². The minimum Gasteiger partial charge on any atom is -0.459 e. The van der Waals surface area contributed by atoms with Gasteiger partial charge in [-0.15, -0.1) is 0 Å². The van der Waals surface area contributed by atoms with Gasteiger partial charge in [-0.1, -0.05) is 0 Å². The highest BCUT2D eigenvalue weighted by atomic mass is 32.2. The Hall–Kier alpha value is -3.22. The van der Waals surface area contributed by atoms with Crippen LogP contribution in [0, 0.1) is 0 Å². The molecule has 1 aromatic carbocycles. The molecule has 0 aliphatic carbocycles. The first-order chi connectivity index (χ1) is 15.9. The minimum absolute atomic E-state index is 0.0958. The van der Waals surface area contributed by atoms with E-state index in [1.807, 2.05) is 11.5 Å². The third-order valence-electron chi connectivity index (χ3n) is 5.22. The van der Waals surface area contributed by atoms with E-state index in [4.69, 9.17) is 13.9 Å². The molecule has 12 heteroatoms. The van der Waals surface area contributed by atoms with Crippen LogP contribution < -0.4 is 5.32 Å². The summed E-state index contributed by atoms with van der Waals surface area (Å²) in [5.74, 6) is -0.593. The van der Waals surface area contributed by atoms with Gasteiger partial charge in [-0.25, -0.2) is 13.4 Å². The van der Waals surface area contributed by atoms with Crippen molar-refractivity contribution in [1.82, 2.24) is 19.2 Å². The average molecular weight is 477 g/mol. The molecule has 1 N–H and O–H groups in total. The molecule has 11 nitrogen and oxygen atoms in total. The van der Waals surface area contributed by atoms with Gasteiger partial charge in [0.05, 0.1) is 35.4 Å². The molecule has 176 valence electrons. The van der Waals surface area contributed by atoms with Gasteiger partial charge in [-0.05, 0) is 37.3 Å². The number of hydrogen-bond acceptors (Lipinski definition) is 8. The summed E-state index contributed by atoms with van der Waals surface area (Å²) in [6.07, 6.45) is 1.36. The van der Waals surface area contributed by atoms with E-state index < -0.39 is 21.9 Å². The monoisotopic (exact) mass is 476 g/mol. The summed E-state index contributed by atoms with van der Waals surface area (Å²) in [6.45, 7) is 3.36. The molecule has 3 aromatic rings. The lowest BCUT2D eigenvalue weighted by Gasteiger charge is -2.26. The fourth-order valence-electron chi connectivity index (χ4n) is 3.56. The first-order valence-corrected chi connectivity index (χ1v) is 11.9. The highest BCUT2D eigenvalue weighted by Gasteiger charge is 2.27. The average Bonchev–Trinajstić information content (AvgIpc) is 3.49. The molecule has 3 heterocycles. The summed E-state index contributed by atoms with van der Waals surface area (Å²) in [5, 5.41) is 2.42. The molecule has 1 fully saturated rings. The Bertz CT molecular complexity index is 1250. The van der Waals surface area contributed by atoms with Gasteiger partial charge < -0.3 is 23.8 Å². The molecule has 0 saturated carbocycles. The van der Waals surface area contributed by atoms with Crippen molar-refractivity contribution in [3.8, 4) is 0 Å². The number of nitrogens with one attached hydrogen (secondary N) is 1. The third kappa shape index (κ3) is 4.92. The number of carbonyl (C=O) groups is 2. The van der Waals surface area contributed by atoms with Crippen LogP contribution in [-0.4, -0.2) is 67.0 Å². The van der Waals surface area contributed by atoms with E-state index in [1.165, 1.54) is 22.7 Å². The second kappa shape index (κ2) is 9.73. The maximum Gasteiger partial charge on any atom is 0.325 e. The number of imidazole rings is 1. The van der Waals surface area contributed by atoms with Crippen LogP contribution in [0.4, 0.5) is 0 Å². The number of aryl methyl sites for hydroxylation is 1. The van der Waals surface area contributed by atoms with E-state index in [-0.39, 0.29) is 23.8 Å². The van der Waals surface area contributed by atoms with Crippen LogP contribution >= 0.6 is 0 Å². The molecule has 0 bridgehead atoms. The third-order valence-corrected chi connectivity index (χ3v) is 7.12. The number of ether oxygens (including phenoxy) is 2. The highest BCUT2D eigenvalue weighted by Crippen LogP contribution is 2.24. The van der Waals surface area contributed by atoms with Gasteiger partial charge in [0.25, 0.3) is 5.91 Å². The number of carbonyl (C=O) groups excluding carboxylic acids is 2. The van der Waals surface area contributed by atoms with Crippen molar-refractivity contribution in [3.05, 3.63) is 48.2 Å². The standard InChI is InChI=1S/C21H24N4O7S/c1-2-25-17-6-5-15(33(28,29)24-7-10-30-11-8-24)12-16(17)23-19(25)14-32-20(26)13-22-21(27)18-4-3-9-31-18/h3-6,9,12H,2,7-8,10-11,13-14H2,1H3,(H,22,27). The second-order valence-electron chi connectivity index (χ2n) is 7.26. The Morgan fingerprint density at radius 3 is 2.70 bits per heavy atom. The lowest BCUT2D eigenvalue weighted by atomic mass is 10.3. The van der Waals surface area contributed by atoms with E-state index in [9.17, 15) is 18.0 Å². The van der Waals surface area contributed by atoms with Crippen LogP contribution in [0.15, 0.2) is 45.9 Å². The fourth-order valence-corrected chi connectivity index (χ4v) is 4.99. The molecule has 1 aliphatic rings. The van der Waals surface area contributed by atoms with Crippen LogP contribution in [0.2, 0.25) is 0 Å². The summed E-state index contributed by atoms with van der Waals surface area (Å²) in [5.41, 5.74) is 1.22. The van der Waals surface area contributed by atoms with E-state index in [0.717, 1.165) is 5.52 Å². The molecule has 1 amide bonds. The smallest absolute Gasteiger partial charge is 0.325 e. The Balaban J connectivity index is 1.45. The quantitative estimate of drug-likeness (QED) is 0.479. The van der Waals surface area contributed by atoms with Gasteiger partial charge in [-0.2, -0.15) is 4.31 Å². The number of hydrogen-bond donors (Lipinski definition) is 1. The van der Waals surface area contributed by atoms with E-state index in [2.05, 4.69) is 10.3 Å². The minimum atomic E-state index is -3.65. The lowest BCUT2D eigenvalue weighted by molar-refractivity contribution is -0.144. The van der Waals surface area contributed by atoms with Crippen molar-refractivity contribution in [2.45, 2.75) is 25.0 Å². The van der Waals surface area contributed by atoms with Gasteiger partial charge in [0.15, 0.2) is 5.76 Å². The van der Waals surface area contributed by atoms with E-state index in [1.54, 1.807) is 18.2 Å². The van der Waals surface area contributed by atoms with Crippen LogP contribution in [-0.2, 0) is 37.4 Å².